The summed E-state index contributed by atoms with van der Waals surface area (Å²) in [7, 11) is -3.78. The van der Waals surface area contributed by atoms with E-state index in [4.69, 9.17) is 9.47 Å². The fraction of sp³-hybridized carbons (Fsp3) is 0.227. The first-order valence-electron chi connectivity index (χ1n) is 10.0. The van der Waals surface area contributed by atoms with E-state index in [1.54, 1.807) is 24.3 Å². The van der Waals surface area contributed by atoms with Crippen LogP contribution in [0.5, 0.6) is 0 Å². The molecule has 33 heavy (non-hydrogen) atoms. The maximum absolute atomic E-state index is 12.8. The van der Waals surface area contributed by atoms with Gasteiger partial charge in [-0.05, 0) is 30.3 Å². The third-order valence-electron chi connectivity index (χ3n) is 5.04. The Morgan fingerprint density at radius 1 is 1.21 bits per heavy atom. The summed E-state index contributed by atoms with van der Waals surface area (Å²) in [5.41, 5.74) is 1.13. The van der Waals surface area contributed by atoms with Gasteiger partial charge >= 0.3 is 5.97 Å². The van der Waals surface area contributed by atoms with E-state index < -0.39 is 28.4 Å². The number of aliphatic hydroxyl groups excluding tert-OH is 1. The van der Waals surface area contributed by atoms with Crippen molar-refractivity contribution in [2.24, 2.45) is 0 Å². The third-order valence-corrected chi connectivity index (χ3v) is 6.94. The fourth-order valence-electron chi connectivity index (χ4n) is 3.33. The molecule has 4 rings (SSSR count). The van der Waals surface area contributed by atoms with Crippen molar-refractivity contribution in [3.8, 4) is 6.07 Å². The molecule has 1 fully saturated rings. The zero-order chi connectivity index (χ0) is 23.4. The van der Waals surface area contributed by atoms with Crippen molar-refractivity contribution >= 4 is 32.6 Å². The van der Waals surface area contributed by atoms with Crippen LogP contribution in [0.15, 0.2) is 59.2 Å². The van der Waals surface area contributed by atoms with Gasteiger partial charge < -0.3 is 19.6 Å². The number of para-hydroxylation sites is 2. The molecule has 0 amide bonds. The summed E-state index contributed by atoms with van der Waals surface area (Å²) in [6.07, 6.45) is 0. The number of ether oxygens (including phenoxy) is 2. The molecule has 1 aromatic heterocycles. The smallest absolute Gasteiger partial charge is 0.338 e. The van der Waals surface area contributed by atoms with Gasteiger partial charge in [0.1, 0.15) is 18.2 Å². The van der Waals surface area contributed by atoms with Gasteiger partial charge in [0.05, 0.1) is 34.7 Å². The molecule has 1 saturated heterocycles. The van der Waals surface area contributed by atoms with Crippen LogP contribution >= 0.6 is 0 Å². The number of hydrogen-bond donors (Lipinski definition) is 2. The fourth-order valence-corrected chi connectivity index (χ4v) is 4.79. The van der Waals surface area contributed by atoms with Crippen molar-refractivity contribution in [2.45, 2.75) is 4.90 Å². The summed E-state index contributed by atoms with van der Waals surface area (Å²) >= 11 is 0. The van der Waals surface area contributed by atoms with Gasteiger partial charge in [0, 0.05) is 13.1 Å². The molecule has 0 unspecified atom stereocenters. The van der Waals surface area contributed by atoms with Gasteiger partial charge in [0.15, 0.2) is 11.6 Å². The van der Waals surface area contributed by atoms with Gasteiger partial charge in [-0.1, -0.05) is 18.2 Å². The van der Waals surface area contributed by atoms with Crippen molar-refractivity contribution in [3.05, 3.63) is 65.7 Å². The minimum Gasteiger partial charge on any atom is -0.507 e. The van der Waals surface area contributed by atoms with E-state index in [-0.39, 0.29) is 34.9 Å². The second-order valence-electron chi connectivity index (χ2n) is 7.16. The molecule has 0 aliphatic carbocycles. The van der Waals surface area contributed by atoms with Gasteiger partial charge in [0.25, 0.3) is 0 Å². The van der Waals surface area contributed by atoms with Crippen molar-refractivity contribution in [1.82, 2.24) is 14.3 Å². The van der Waals surface area contributed by atoms with E-state index in [9.17, 15) is 23.6 Å². The maximum Gasteiger partial charge on any atom is 0.338 e. The lowest BCUT2D eigenvalue weighted by Gasteiger charge is -2.26. The molecule has 2 N–H and O–H groups in total. The molecule has 1 aliphatic heterocycles. The third kappa shape index (κ3) is 4.73. The number of hydrogen-bond acceptors (Lipinski definition) is 8. The van der Waals surface area contributed by atoms with Crippen molar-refractivity contribution in [1.29, 1.82) is 5.26 Å². The number of imidazole rings is 1. The van der Waals surface area contributed by atoms with E-state index >= 15 is 0 Å². The van der Waals surface area contributed by atoms with Crippen LogP contribution in [0.2, 0.25) is 0 Å². The first-order valence-corrected chi connectivity index (χ1v) is 11.5. The van der Waals surface area contributed by atoms with Crippen LogP contribution in [0, 0.1) is 11.3 Å². The molecule has 170 valence electrons. The number of carbonyl (C=O) groups is 1. The number of nitrogens with one attached hydrogen (secondary N) is 1. The van der Waals surface area contributed by atoms with E-state index in [1.807, 2.05) is 6.07 Å². The average Bonchev–Trinajstić information content (AvgIpc) is 3.27. The zero-order valence-corrected chi connectivity index (χ0v) is 18.2. The summed E-state index contributed by atoms with van der Waals surface area (Å²) < 4.78 is 37.2. The Morgan fingerprint density at radius 3 is 2.70 bits per heavy atom. The van der Waals surface area contributed by atoms with Gasteiger partial charge in [-0.2, -0.15) is 9.57 Å². The van der Waals surface area contributed by atoms with E-state index in [0.29, 0.717) is 24.2 Å². The van der Waals surface area contributed by atoms with Crippen LogP contribution < -0.4 is 0 Å². The predicted molar refractivity (Wildman–Crippen MR) is 118 cm³/mol. The number of nitriles is 1. The monoisotopic (exact) mass is 468 g/mol. The number of H-pyrrole nitrogens is 1. The lowest BCUT2D eigenvalue weighted by molar-refractivity contribution is 0.0502. The summed E-state index contributed by atoms with van der Waals surface area (Å²) in [5, 5.41) is 19.8. The van der Waals surface area contributed by atoms with E-state index in [1.165, 1.54) is 28.6 Å². The summed E-state index contributed by atoms with van der Waals surface area (Å²) in [4.78, 5) is 19.6. The Kier molecular flexibility index (Phi) is 6.41. The minimum absolute atomic E-state index is 0.000575. The van der Waals surface area contributed by atoms with Crippen LogP contribution in [0.25, 0.3) is 16.6 Å². The number of aromatic nitrogens is 2. The Hall–Kier alpha value is -3.72. The van der Waals surface area contributed by atoms with Crippen LogP contribution in [0.3, 0.4) is 0 Å². The SMILES string of the molecule is N#C/C(=C(/O)COC(=O)c1cccc(S(=O)(=O)N2CCOCC2)c1)c1nc2ccccc2[nH]1. The standard InChI is InChI=1S/C22H20N4O6S/c23-13-17(21-24-18-6-1-2-7-19(18)25-21)20(27)14-32-22(28)15-4-3-5-16(12-15)33(29,30)26-8-10-31-11-9-26/h1-7,12,27H,8-11,14H2,(H,24,25)/b20-17-. The van der Waals surface area contributed by atoms with Crippen molar-refractivity contribution < 1.29 is 27.8 Å². The number of morpholine rings is 1. The molecule has 1 aliphatic rings. The highest BCUT2D eigenvalue weighted by Crippen LogP contribution is 2.21. The highest BCUT2D eigenvalue weighted by Gasteiger charge is 2.27. The number of aliphatic hydroxyl groups is 1. The lowest BCUT2D eigenvalue weighted by atomic mass is 10.2. The molecule has 11 heteroatoms. The minimum atomic E-state index is -3.78. The largest absolute Gasteiger partial charge is 0.507 e. The normalized spacial score (nSPS) is 15.6. The first kappa shape index (κ1) is 22.5. The highest BCUT2D eigenvalue weighted by atomic mass is 32.2. The predicted octanol–water partition coefficient (Wildman–Crippen LogP) is 2.23. The second kappa shape index (κ2) is 9.41. The molecule has 2 aromatic carbocycles. The lowest BCUT2D eigenvalue weighted by Crippen LogP contribution is -2.40. The van der Waals surface area contributed by atoms with Crippen LogP contribution in [0.1, 0.15) is 16.2 Å². The molecule has 0 spiro atoms. The Labute approximate surface area is 189 Å². The topological polar surface area (TPSA) is 146 Å². The van der Waals surface area contributed by atoms with Gasteiger partial charge in [0.2, 0.25) is 10.0 Å². The van der Waals surface area contributed by atoms with Gasteiger partial charge in [-0.25, -0.2) is 18.2 Å². The molecular weight excluding hydrogens is 448 g/mol. The van der Waals surface area contributed by atoms with E-state index in [0.717, 1.165) is 0 Å². The summed E-state index contributed by atoms with van der Waals surface area (Å²) in [5.74, 6) is -1.18. The molecular formula is C22H20N4O6S. The molecule has 0 bridgehead atoms. The van der Waals surface area contributed by atoms with Crippen LogP contribution in [-0.2, 0) is 19.5 Å². The number of fused-ring (bicyclic) bond motifs is 1. The number of aromatic amines is 1. The molecule has 0 atom stereocenters. The summed E-state index contributed by atoms with van der Waals surface area (Å²) in [6, 6.07) is 14.4. The van der Waals surface area contributed by atoms with Crippen LogP contribution in [-0.4, -0.2) is 66.7 Å². The number of benzene rings is 2. The molecule has 2 heterocycles. The number of allylic oxidation sites excluding steroid dienone is 1. The number of esters is 1. The van der Waals surface area contributed by atoms with Crippen molar-refractivity contribution in [3.63, 3.8) is 0 Å². The quantitative estimate of drug-likeness (QED) is 0.318. The van der Waals surface area contributed by atoms with Crippen molar-refractivity contribution in [2.75, 3.05) is 32.9 Å². The molecule has 3 aromatic rings. The van der Waals surface area contributed by atoms with E-state index in [2.05, 4.69) is 9.97 Å². The maximum atomic E-state index is 12.8. The number of nitrogens with zero attached hydrogens (tertiary/aromatic N) is 3. The Balaban J connectivity index is 1.50. The Morgan fingerprint density at radius 2 is 1.97 bits per heavy atom. The van der Waals surface area contributed by atoms with Crippen LogP contribution in [0.4, 0.5) is 0 Å². The summed E-state index contributed by atoms with van der Waals surface area (Å²) in [6.45, 7) is 0.486. The molecule has 0 radical (unpaired) electrons. The second-order valence-corrected chi connectivity index (χ2v) is 9.09. The number of sulfonamides is 1. The Bertz CT molecular complexity index is 1330. The molecule has 10 nitrogen and oxygen atoms in total. The number of carbonyl (C=O) groups excluding carboxylic acids is 1. The molecule has 0 saturated carbocycles. The van der Waals surface area contributed by atoms with Gasteiger partial charge in [-0.3, -0.25) is 0 Å². The number of rotatable bonds is 6. The average molecular weight is 468 g/mol. The van der Waals surface area contributed by atoms with Gasteiger partial charge in [-0.15, -0.1) is 0 Å². The zero-order valence-electron chi connectivity index (χ0n) is 17.4. The highest BCUT2D eigenvalue weighted by molar-refractivity contribution is 7.89. The first-order chi connectivity index (χ1) is 15.9.